The van der Waals surface area contributed by atoms with Crippen molar-refractivity contribution in [3.63, 3.8) is 0 Å². The Kier molecular flexibility index (Phi) is 4.49. The summed E-state index contributed by atoms with van der Waals surface area (Å²) in [6.45, 7) is 0. The van der Waals surface area contributed by atoms with Gasteiger partial charge in [0.05, 0.1) is 12.0 Å². The third kappa shape index (κ3) is 3.43. The second-order valence-corrected chi connectivity index (χ2v) is 5.19. The smallest absolute Gasteiger partial charge is 0.232 e. The lowest BCUT2D eigenvalue weighted by atomic mass is 10.1. The minimum atomic E-state index is -0.0514. The molecule has 1 heterocycles. The Morgan fingerprint density at radius 1 is 1.30 bits per heavy atom. The first kappa shape index (κ1) is 14.2. The molecule has 0 aliphatic carbocycles. The number of hydrogen-bond acceptors (Lipinski definition) is 3. The Labute approximate surface area is 125 Å². The third-order valence-corrected chi connectivity index (χ3v) is 3.39. The third-order valence-electron chi connectivity index (χ3n) is 2.86. The van der Waals surface area contributed by atoms with Gasteiger partial charge < -0.3 is 0 Å². The molecule has 0 saturated carbocycles. The predicted octanol–water partition coefficient (Wildman–Crippen LogP) is 2.92. The van der Waals surface area contributed by atoms with Gasteiger partial charge in [-0.25, -0.2) is 4.98 Å². The Morgan fingerprint density at radius 2 is 2.00 bits per heavy atom. The molecule has 0 radical (unpaired) electrons. The minimum Gasteiger partial charge on any atom is -0.300 e. The average Bonchev–Trinajstić information content (AvgIpc) is 2.49. The lowest BCUT2D eigenvalue weighted by Gasteiger charge is -2.16. The lowest BCUT2D eigenvalue weighted by Crippen LogP contribution is -2.28. The summed E-state index contributed by atoms with van der Waals surface area (Å²) in [6.07, 6.45) is 1.77. The normalized spacial score (nSPS) is 9.85. The number of nitriles is 1. The van der Waals surface area contributed by atoms with Gasteiger partial charge in [-0.15, -0.1) is 0 Å². The van der Waals surface area contributed by atoms with Crippen LogP contribution >= 0.6 is 15.9 Å². The summed E-state index contributed by atoms with van der Waals surface area (Å²) in [5, 5.41) is 8.72. The molecule has 0 unspecified atom stereocenters. The number of nitrogens with zero attached hydrogens (tertiary/aromatic N) is 3. The Hall–Kier alpha value is -2.19. The van der Waals surface area contributed by atoms with Gasteiger partial charge in [0, 0.05) is 17.7 Å². The van der Waals surface area contributed by atoms with E-state index >= 15 is 0 Å². The van der Waals surface area contributed by atoms with Gasteiger partial charge in [0.25, 0.3) is 0 Å². The number of benzene rings is 1. The van der Waals surface area contributed by atoms with Crippen molar-refractivity contribution in [3.8, 4) is 6.07 Å². The zero-order chi connectivity index (χ0) is 14.5. The Bertz CT molecular complexity index is 644. The minimum absolute atomic E-state index is 0.0514. The number of aromatic nitrogens is 1. The number of hydrogen-bond donors (Lipinski definition) is 0. The van der Waals surface area contributed by atoms with Crippen LogP contribution in [0.4, 0.5) is 5.82 Å². The first-order chi connectivity index (χ1) is 9.60. The van der Waals surface area contributed by atoms with E-state index in [2.05, 4.69) is 20.9 Å². The van der Waals surface area contributed by atoms with E-state index in [0.717, 1.165) is 10.0 Å². The zero-order valence-corrected chi connectivity index (χ0v) is 12.5. The number of carbonyl (C=O) groups excluding carboxylic acids is 1. The van der Waals surface area contributed by atoms with E-state index in [9.17, 15) is 4.79 Å². The van der Waals surface area contributed by atoms with Crippen molar-refractivity contribution in [3.05, 3.63) is 58.2 Å². The second kappa shape index (κ2) is 6.31. The van der Waals surface area contributed by atoms with E-state index in [1.54, 1.807) is 19.2 Å². The summed E-state index contributed by atoms with van der Waals surface area (Å²) in [4.78, 5) is 17.8. The molecule has 2 aromatic rings. The highest BCUT2D eigenvalue weighted by molar-refractivity contribution is 9.10. The fourth-order valence-corrected chi connectivity index (χ4v) is 1.94. The largest absolute Gasteiger partial charge is 0.300 e. The molecule has 1 aromatic carbocycles. The molecule has 0 aliphatic rings. The maximum atomic E-state index is 12.2. The van der Waals surface area contributed by atoms with Crippen molar-refractivity contribution in [2.45, 2.75) is 6.42 Å². The van der Waals surface area contributed by atoms with Gasteiger partial charge in [-0.3, -0.25) is 9.69 Å². The summed E-state index contributed by atoms with van der Waals surface area (Å²) in [6, 6.07) is 12.9. The molecule has 2 rings (SSSR count). The molecule has 0 aliphatic heterocycles. The molecule has 100 valence electrons. The summed E-state index contributed by atoms with van der Waals surface area (Å²) in [5.41, 5.74) is 1.42. The highest BCUT2D eigenvalue weighted by Crippen LogP contribution is 2.14. The molecule has 1 amide bonds. The molecule has 0 N–H and O–H groups in total. The molecular weight excluding hydrogens is 318 g/mol. The number of rotatable bonds is 3. The number of amides is 1. The fourth-order valence-electron chi connectivity index (χ4n) is 1.67. The van der Waals surface area contributed by atoms with Gasteiger partial charge in [0.1, 0.15) is 11.9 Å². The molecule has 20 heavy (non-hydrogen) atoms. The standard InChI is InChI=1S/C15H12BrN3O/c1-19(14-7-4-12(9-17)10-18-14)15(20)8-11-2-5-13(16)6-3-11/h2-7,10H,8H2,1H3. The van der Waals surface area contributed by atoms with Crippen LogP contribution in [0.1, 0.15) is 11.1 Å². The van der Waals surface area contributed by atoms with E-state index in [4.69, 9.17) is 5.26 Å². The van der Waals surface area contributed by atoms with Crippen molar-refractivity contribution < 1.29 is 4.79 Å². The topological polar surface area (TPSA) is 57.0 Å². The summed E-state index contributed by atoms with van der Waals surface area (Å²) in [5.74, 6) is 0.482. The highest BCUT2D eigenvalue weighted by Gasteiger charge is 2.12. The van der Waals surface area contributed by atoms with Crippen LogP contribution in [0.2, 0.25) is 0 Å². The Morgan fingerprint density at radius 3 is 2.55 bits per heavy atom. The first-order valence-electron chi connectivity index (χ1n) is 5.97. The van der Waals surface area contributed by atoms with Crippen molar-refractivity contribution >= 4 is 27.7 Å². The van der Waals surface area contributed by atoms with Crippen LogP contribution < -0.4 is 4.90 Å². The average molecular weight is 330 g/mol. The van der Waals surface area contributed by atoms with Crippen molar-refractivity contribution in [1.82, 2.24) is 4.98 Å². The van der Waals surface area contributed by atoms with Gasteiger partial charge >= 0.3 is 0 Å². The molecule has 1 aromatic heterocycles. The van der Waals surface area contributed by atoms with E-state index < -0.39 is 0 Å². The Balaban J connectivity index is 2.08. The number of anilines is 1. The van der Waals surface area contributed by atoms with Gasteiger partial charge in [0.2, 0.25) is 5.91 Å². The lowest BCUT2D eigenvalue weighted by molar-refractivity contribution is -0.117. The second-order valence-electron chi connectivity index (χ2n) is 4.27. The first-order valence-corrected chi connectivity index (χ1v) is 6.76. The van der Waals surface area contributed by atoms with Crippen LogP contribution in [0.15, 0.2) is 47.1 Å². The van der Waals surface area contributed by atoms with Crippen LogP contribution in [0.5, 0.6) is 0 Å². The molecule has 4 nitrogen and oxygen atoms in total. The predicted molar refractivity (Wildman–Crippen MR) is 80.2 cm³/mol. The number of carbonyl (C=O) groups is 1. The van der Waals surface area contributed by atoms with Crippen LogP contribution in [0.25, 0.3) is 0 Å². The molecule has 0 atom stereocenters. The van der Waals surface area contributed by atoms with Crippen LogP contribution in [-0.2, 0) is 11.2 Å². The fraction of sp³-hybridized carbons (Fsp3) is 0.133. The summed E-state index contributed by atoms with van der Waals surface area (Å²) in [7, 11) is 1.68. The van der Waals surface area contributed by atoms with Gasteiger partial charge in [-0.1, -0.05) is 28.1 Å². The van der Waals surface area contributed by atoms with Gasteiger partial charge in [-0.05, 0) is 29.8 Å². The summed E-state index contributed by atoms with van der Waals surface area (Å²) < 4.78 is 0.982. The van der Waals surface area contributed by atoms with Crippen LogP contribution in [0.3, 0.4) is 0 Å². The number of likely N-dealkylation sites (N-methyl/N-ethyl adjacent to an activating group) is 1. The highest BCUT2D eigenvalue weighted by atomic mass is 79.9. The maximum Gasteiger partial charge on any atom is 0.232 e. The van der Waals surface area contributed by atoms with Crippen molar-refractivity contribution in [2.24, 2.45) is 0 Å². The number of halogens is 1. The molecule has 0 fully saturated rings. The van der Waals surface area contributed by atoms with E-state index in [1.807, 2.05) is 30.3 Å². The molecule has 5 heteroatoms. The SMILES string of the molecule is CN(C(=O)Cc1ccc(Br)cc1)c1ccc(C#N)cn1. The maximum absolute atomic E-state index is 12.2. The molecular formula is C15H12BrN3O. The monoisotopic (exact) mass is 329 g/mol. The summed E-state index contributed by atoms with van der Waals surface area (Å²) >= 11 is 3.36. The van der Waals surface area contributed by atoms with Gasteiger partial charge in [-0.2, -0.15) is 5.26 Å². The van der Waals surface area contributed by atoms with Crippen LogP contribution in [-0.4, -0.2) is 17.9 Å². The van der Waals surface area contributed by atoms with E-state index in [0.29, 0.717) is 17.8 Å². The number of pyridine rings is 1. The van der Waals surface area contributed by atoms with Crippen molar-refractivity contribution in [1.29, 1.82) is 5.26 Å². The van der Waals surface area contributed by atoms with Crippen molar-refractivity contribution in [2.75, 3.05) is 11.9 Å². The molecule has 0 spiro atoms. The molecule has 0 saturated heterocycles. The van der Waals surface area contributed by atoms with Gasteiger partial charge in [0.15, 0.2) is 0 Å². The van der Waals surface area contributed by atoms with E-state index in [-0.39, 0.29) is 5.91 Å². The quantitative estimate of drug-likeness (QED) is 0.869. The van der Waals surface area contributed by atoms with Crippen LogP contribution in [0, 0.1) is 11.3 Å². The van der Waals surface area contributed by atoms with E-state index in [1.165, 1.54) is 11.1 Å². The molecule has 0 bridgehead atoms. The zero-order valence-electron chi connectivity index (χ0n) is 10.9.